The van der Waals surface area contributed by atoms with Crippen LogP contribution >= 0.6 is 0 Å². The van der Waals surface area contributed by atoms with Crippen LogP contribution in [-0.4, -0.2) is 306 Å². The van der Waals surface area contributed by atoms with Crippen LogP contribution in [0.5, 0.6) is 0 Å². The highest BCUT2D eigenvalue weighted by atomic mass is 32.3. The van der Waals surface area contributed by atoms with Crippen molar-refractivity contribution in [2.45, 2.75) is 304 Å². The van der Waals surface area contributed by atoms with Gasteiger partial charge in [0.2, 0.25) is 10.4 Å². The number of fused-ring (bicyclic) bond motifs is 5. The highest BCUT2D eigenvalue weighted by molar-refractivity contribution is 7.80. The molecule has 0 unspecified atom stereocenters. The summed E-state index contributed by atoms with van der Waals surface area (Å²) < 4.78 is 114. The summed E-state index contributed by atoms with van der Waals surface area (Å²) >= 11 is 0. The molecule has 548 valence electrons. The fourth-order valence-electron chi connectivity index (χ4n) is 17.2. The maximum absolute atomic E-state index is 13.2. The van der Waals surface area contributed by atoms with Gasteiger partial charge in [-0.2, -0.15) is 0 Å². The molecule has 0 aromatic carbocycles. The molecule has 0 aromatic heterocycles. The lowest BCUT2D eigenvalue weighted by Crippen LogP contribution is -2.67. The van der Waals surface area contributed by atoms with Crippen molar-refractivity contribution in [3.63, 3.8) is 0 Å². The third-order valence-electron chi connectivity index (χ3n) is 22.4. The Morgan fingerprint density at radius 3 is 1.62 bits per heavy atom. The second-order valence-corrected chi connectivity index (χ2v) is 30.2. The maximum atomic E-state index is 13.2. The molecule has 38 atom stereocenters. The van der Waals surface area contributed by atoms with Crippen LogP contribution in [0.1, 0.15) is 113 Å². The molecule has 15 N–H and O–H groups in total. The number of allylic oxidation sites excluding steroid dienone is 2. The number of hydrogen-bond acceptors (Lipinski definition) is 32. The highest BCUT2D eigenvalue weighted by Crippen LogP contribution is 2.67. The number of ketones is 1. The minimum atomic E-state index is -5.14. The van der Waals surface area contributed by atoms with Crippen LogP contribution in [0.25, 0.3) is 0 Å². The molecule has 4 aliphatic carbocycles. The molecule has 6 heterocycles. The molecule has 0 radical (unpaired) electrons. The van der Waals surface area contributed by atoms with Crippen LogP contribution in [0.4, 0.5) is 0 Å². The first kappa shape index (κ1) is 75.9. The third kappa shape index (κ3) is 15.3. The summed E-state index contributed by atoms with van der Waals surface area (Å²) in [4.78, 5) is 13.2. The summed E-state index contributed by atoms with van der Waals surface area (Å²) in [5.74, 6) is 0.350. The summed E-state index contributed by atoms with van der Waals surface area (Å²) in [7, 11) is -5.14. The normalized spacial score (nSPS) is 51.7. The molecule has 33 heteroatoms. The minimum Gasteiger partial charge on any atom is -0.726 e. The number of hydrogen-bond donors (Lipinski definition) is 15. The average Bonchev–Trinajstić information content (AvgIpc) is 1.70. The Morgan fingerprint density at radius 1 is 0.547 bits per heavy atom. The van der Waals surface area contributed by atoms with Crippen molar-refractivity contribution in [1.29, 1.82) is 0 Å². The molecular formula is C62H101O32S-. The number of rotatable bonds is 21. The zero-order valence-corrected chi connectivity index (χ0v) is 55.3. The van der Waals surface area contributed by atoms with Crippen molar-refractivity contribution < 1.29 is 155 Å². The fourth-order valence-corrected chi connectivity index (χ4v) is 17.7. The number of Topliss-reactive ketones (excluding diaryl/α,β-unsaturated/α-hetero) is 1. The van der Waals surface area contributed by atoms with Gasteiger partial charge in [0, 0.05) is 12.8 Å². The van der Waals surface area contributed by atoms with Crippen LogP contribution in [0, 0.1) is 46.3 Å². The monoisotopic (exact) mass is 1390 g/mol. The van der Waals surface area contributed by atoms with Gasteiger partial charge in [-0.15, -0.1) is 0 Å². The number of aliphatic hydroxyl groups excluding tert-OH is 15. The zero-order valence-electron chi connectivity index (χ0n) is 54.5. The minimum absolute atomic E-state index is 0.0707. The van der Waals surface area contributed by atoms with Gasteiger partial charge < -0.3 is 138 Å². The Balaban J connectivity index is 0.899. The van der Waals surface area contributed by atoms with Crippen LogP contribution in [0.3, 0.4) is 0 Å². The van der Waals surface area contributed by atoms with E-state index < -0.39 is 232 Å². The maximum Gasteiger partial charge on any atom is 0.217 e. The first-order valence-electron chi connectivity index (χ1n) is 33.4. The summed E-state index contributed by atoms with van der Waals surface area (Å²) in [6, 6.07) is 0. The molecule has 0 bridgehead atoms. The van der Waals surface area contributed by atoms with E-state index in [0.29, 0.717) is 25.7 Å². The smallest absolute Gasteiger partial charge is 0.217 e. The predicted molar refractivity (Wildman–Crippen MR) is 315 cm³/mol. The molecule has 9 fully saturated rings. The van der Waals surface area contributed by atoms with Crippen molar-refractivity contribution in [2.24, 2.45) is 46.3 Å². The van der Waals surface area contributed by atoms with Gasteiger partial charge in [-0.1, -0.05) is 46.3 Å². The topological polar surface area (TPSA) is 498 Å². The third-order valence-corrected chi connectivity index (χ3v) is 22.9. The Morgan fingerprint density at radius 2 is 1.04 bits per heavy atom. The second-order valence-electron chi connectivity index (χ2n) is 29.2. The lowest BCUT2D eigenvalue weighted by Gasteiger charge is -2.59. The van der Waals surface area contributed by atoms with Crippen LogP contribution < -0.4 is 0 Å². The van der Waals surface area contributed by atoms with Crippen LogP contribution in [-0.2, 0) is 76.2 Å². The zero-order chi connectivity index (χ0) is 69.4. The van der Waals surface area contributed by atoms with Gasteiger partial charge in [0.1, 0.15) is 128 Å². The summed E-state index contributed by atoms with van der Waals surface area (Å²) in [5.41, 5.74) is 0.364. The van der Waals surface area contributed by atoms with E-state index in [1.165, 1.54) is 26.3 Å². The van der Waals surface area contributed by atoms with Crippen LogP contribution in [0.15, 0.2) is 11.6 Å². The molecule has 6 saturated heterocycles. The lowest BCUT2D eigenvalue weighted by atomic mass is 9.47. The molecule has 0 amide bonds. The van der Waals surface area contributed by atoms with E-state index in [-0.39, 0.29) is 53.6 Å². The Labute approximate surface area is 551 Å². The quantitative estimate of drug-likeness (QED) is 0.0294. The van der Waals surface area contributed by atoms with Gasteiger partial charge >= 0.3 is 0 Å². The molecule has 3 saturated carbocycles. The van der Waals surface area contributed by atoms with Gasteiger partial charge in [0.15, 0.2) is 37.7 Å². The van der Waals surface area contributed by atoms with Crippen molar-refractivity contribution in [3.05, 3.63) is 11.6 Å². The van der Waals surface area contributed by atoms with Gasteiger partial charge in [-0.3, -0.25) is 8.98 Å². The van der Waals surface area contributed by atoms with E-state index in [2.05, 4.69) is 26.8 Å². The summed E-state index contributed by atoms with van der Waals surface area (Å²) in [6.07, 6.45) is -46.8. The molecule has 10 rings (SSSR count). The SMILES string of the molecule is CC(C)CC(=O)C[C@@H](C)[C@H]1CC[C@H]2[C@@H]3C[C@H](O[C@@H]4O[C@H](C)[C@@H](O)[C@H](O[C@@H]5OC[C@@H](O[C@@H]6O[C@H](CO)[C@H](O)[C@H](O)[C@H]6O[C@@H]6O[C@H](C)[C@H](O)[C@H](O[C@@H]7O[C@H](CO)[C@H](O)[C@H](O)[C@H]7O)[C@H]6O)[C@H](O)[C@H]5O[C@@H]5O[C@H](C)[C@@H](O)[C@H](O)[C@H]5O)[C@H]4O)[C@H]4C[C@@H](OS(=O)(=O)[O-])CC[C@]4(C)C3=CC[C@]12C. The van der Waals surface area contributed by atoms with Gasteiger partial charge in [0.05, 0.1) is 50.3 Å². The molecule has 10 aliphatic rings. The van der Waals surface area contributed by atoms with Crippen molar-refractivity contribution >= 4 is 16.2 Å². The van der Waals surface area contributed by atoms with Crippen molar-refractivity contribution in [3.8, 4) is 0 Å². The Hall–Kier alpha value is -1.80. The first-order valence-corrected chi connectivity index (χ1v) is 34.7. The predicted octanol–water partition coefficient (Wildman–Crippen LogP) is -4.31. The van der Waals surface area contributed by atoms with Gasteiger partial charge in [0.25, 0.3) is 0 Å². The molecule has 32 nitrogen and oxygen atoms in total. The van der Waals surface area contributed by atoms with E-state index in [1.807, 2.05) is 13.8 Å². The van der Waals surface area contributed by atoms with E-state index in [1.54, 1.807) is 0 Å². The van der Waals surface area contributed by atoms with Gasteiger partial charge in [-0.25, -0.2) is 8.42 Å². The number of carbonyl (C=O) groups excluding carboxylic acids is 1. The average molecular weight is 1390 g/mol. The van der Waals surface area contributed by atoms with Crippen molar-refractivity contribution in [1.82, 2.24) is 0 Å². The number of aliphatic hydroxyl groups is 15. The van der Waals surface area contributed by atoms with E-state index in [9.17, 15) is 94.4 Å². The fraction of sp³-hybridized carbons (Fsp3) is 0.952. The van der Waals surface area contributed by atoms with Gasteiger partial charge in [-0.05, 0) is 112 Å². The standard InChI is InChI=1S/C62H102O32S/c1-22(2)15-27(65)16-23(3)30-9-10-31-29-18-34(33-17-28(94-95(79,80)81)11-13-62(33,8)32(29)12-14-61(30,31)7)86-57-49(77)52(40(68)25(5)84-57)91-59-53(92-55-47(75)44(72)38(66)24(4)83-55)43(71)37(21-82-59)89-60-54(46(74)42(70)36(20-64)88-60)93-58-50(78)51(39(67)26(6)85-58)90-56-48(76)45(73)41(69)35(19-63)87-56/h12,22-26,28-31,33-60,63-64,66-78H,9-11,13-21H2,1-8H3,(H,79,80,81)/p-1/t23-,24-,25-,26-,28+,29+,30-,31+,33-,34+,35-,36-,37-,38-,39+,40-,41+,42+,43+,44+,45+,46+,47-,48-,49-,50-,51+,52+,53-,54-,55+,56+,57+,58+,59+,60+,61-,62-/m1/s1. The number of carbonyl (C=O) groups is 1. The largest absolute Gasteiger partial charge is 0.726 e. The van der Waals surface area contributed by atoms with E-state index in [0.717, 1.165) is 19.3 Å². The molecule has 0 spiro atoms. The Kier molecular flexibility index (Phi) is 24.2. The lowest BCUT2D eigenvalue weighted by molar-refractivity contribution is -0.402. The van der Waals surface area contributed by atoms with Crippen LogP contribution in [0.2, 0.25) is 0 Å². The highest BCUT2D eigenvalue weighted by Gasteiger charge is 2.63. The summed E-state index contributed by atoms with van der Waals surface area (Å²) in [5, 5.41) is 167. The number of ether oxygens (including phenoxy) is 12. The second kappa shape index (κ2) is 30.3. The van der Waals surface area contributed by atoms with E-state index in [4.69, 9.17) is 61.0 Å². The molecule has 6 aliphatic heterocycles. The van der Waals surface area contributed by atoms with Crippen molar-refractivity contribution in [2.75, 3.05) is 19.8 Å². The molecular weight excluding hydrogens is 1290 g/mol. The first-order chi connectivity index (χ1) is 44.6. The molecule has 0 aromatic rings. The summed E-state index contributed by atoms with van der Waals surface area (Å²) in [6.45, 7) is 12.2. The van der Waals surface area contributed by atoms with E-state index >= 15 is 0 Å². The Bertz CT molecular complexity index is 2700. The molecule has 95 heavy (non-hydrogen) atoms.